The molecule has 0 saturated carbocycles. The molecule has 1 aliphatic rings. The zero-order chi connectivity index (χ0) is 30.1. The Morgan fingerprint density at radius 1 is 1.12 bits per heavy atom. The Morgan fingerprint density at radius 2 is 1.90 bits per heavy atom. The van der Waals surface area contributed by atoms with E-state index in [1.165, 1.54) is 13.5 Å². The summed E-state index contributed by atoms with van der Waals surface area (Å²) in [6.45, 7) is 5.31. The van der Waals surface area contributed by atoms with Gasteiger partial charge in [-0.25, -0.2) is 19.5 Å². The second-order valence-corrected chi connectivity index (χ2v) is 10.8. The molecule has 1 atom stereocenters. The van der Waals surface area contributed by atoms with E-state index in [0.29, 0.717) is 60.2 Å². The maximum atomic E-state index is 13.3. The number of imide groups is 1. The SMILES string of the molecule is CNCC(C)(C)CC(=O)N(Cc1cccc(NC(=O)Nc2ccc(-c3cnco3)c(OC)c2)c1)C(=O)OC1CCOC1. The number of methoxy groups -OCH3 is 1. The van der Waals surface area contributed by atoms with Gasteiger partial charge >= 0.3 is 12.1 Å². The lowest BCUT2D eigenvalue weighted by Gasteiger charge is -2.28. The van der Waals surface area contributed by atoms with Crippen LogP contribution in [0.2, 0.25) is 0 Å². The van der Waals surface area contributed by atoms with Gasteiger partial charge in [-0.15, -0.1) is 0 Å². The van der Waals surface area contributed by atoms with Crippen LogP contribution < -0.4 is 20.7 Å². The van der Waals surface area contributed by atoms with Crippen molar-refractivity contribution in [1.82, 2.24) is 15.2 Å². The van der Waals surface area contributed by atoms with Crippen LogP contribution in [0, 0.1) is 5.41 Å². The van der Waals surface area contributed by atoms with Gasteiger partial charge in [0.05, 0.1) is 38.6 Å². The van der Waals surface area contributed by atoms with E-state index < -0.39 is 18.2 Å². The lowest BCUT2D eigenvalue weighted by atomic mass is 9.88. The van der Waals surface area contributed by atoms with Crippen LogP contribution in [-0.2, 0) is 20.8 Å². The molecule has 0 aliphatic carbocycles. The van der Waals surface area contributed by atoms with Crippen LogP contribution in [0.4, 0.5) is 21.0 Å². The Morgan fingerprint density at radius 3 is 2.57 bits per heavy atom. The summed E-state index contributed by atoms with van der Waals surface area (Å²) in [5, 5.41) is 8.66. The number of hydrogen-bond acceptors (Lipinski definition) is 9. The first-order valence-corrected chi connectivity index (χ1v) is 13.6. The first-order valence-electron chi connectivity index (χ1n) is 13.6. The van der Waals surface area contributed by atoms with Crippen molar-refractivity contribution in [1.29, 1.82) is 0 Å². The predicted molar refractivity (Wildman–Crippen MR) is 156 cm³/mol. The third-order valence-electron chi connectivity index (χ3n) is 6.64. The molecule has 4 rings (SSSR count). The van der Waals surface area contributed by atoms with Crippen LogP contribution in [0.1, 0.15) is 32.3 Å². The van der Waals surface area contributed by atoms with Gasteiger partial charge in [-0.2, -0.15) is 0 Å². The van der Waals surface area contributed by atoms with Crippen molar-refractivity contribution < 1.29 is 33.0 Å². The molecule has 3 N–H and O–H groups in total. The fraction of sp³-hybridized carbons (Fsp3) is 0.400. The molecule has 0 bridgehead atoms. The standard InChI is InChI=1S/C30H37N5O7/c1-30(2,18-31-3)14-27(36)35(29(38)42-23-10-11-40-17-23)16-20-6-5-7-21(12-20)33-28(37)34-22-8-9-24(25(13-22)39-4)26-15-32-19-41-26/h5-9,12-13,15,19,23,31H,10-11,14,16-18H2,1-4H3,(H2,33,34,37). The summed E-state index contributed by atoms with van der Waals surface area (Å²) in [7, 11) is 3.34. The predicted octanol–water partition coefficient (Wildman–Crippen LogP) is 4.88. The van der Waals surface area contributed by atoms with E-state index in [1.54, 1.807) is 48.7 Å². The van der Waals surface area contributed by atoms with Crippen molar-refractivity contribution in [3.05, 3.63) is 60.6 Å². The summed E-state index contributed by atoms with van der Waals surface area (Å²) in [5.41, 5.74) is 1.95. The molecular weight excluding hydrogens is 542 g/mol. The highest BCUT2D eigenvalue weighted by Crippen LogP contribution is 2.32. The van der Waals surface area contributed by atoms with Crippen LogP contribution in [-0.4, -0.2) is 67.9 Å². The second kappa shape index (κ2) is 14.0. The van der Waals surface area contributed by atoms with E-state index in [9.17, 15) is 14.4 Å². The molecule has 1 fully saturated rings. The number of urea groups is 1. The van der Waals surface area contributed by atoms with Crippen molar-refractivity contribution in [2.75, 3.05) is 44.5 Å². The van der Waals surface area contributed by atoms with Crippen molar-refractivity contribution in [2.45, 2.75) is 39.3 Å². The number of ether oxygens (including phenoxy) is 3. The average molecular weight is 580 g/mol. The Balaban J connectivity index is 1.44. The zero-order valence-electron chi connectivity index (χ0n) is 24.3. The first kappa shape index (κ1) is 30.5. The van der Waals surface area contributed by atoms with Crippen molar-refractivity contribution in [2.24, 2.45) is 5.41 Å². The number of aromatic nitrogens is 1. The number of rotatable bonds is 11. The van der Waals surface area contributed by atoms with Gasteiger partial charge in [0, 0.05) is 36.8 Å². The molecule has 224 valence electrons. The molecule has 42 heavy (non-hydrogen) atoms. The van der Waals surface area contributed by atoms with Gasteiger partial charge in [-0.05, 0) is 42.3 Å². The number of nitrogens with zero attached hydrogens (tertiary/aromatic N) is 2. The molecule has 12 heteroatoms. The smallest absolute Gasteiger partial charge is 0.417 e. The molecule has 1 aliphatic heterocycles. The molecule has 0 spiro atoms. The van der Waals surface area contributed by atoms with Crippen molar-refractivity contribution in [3.63, 3.8) is 0 Å². The van der Waals surface area contributed by atoms with Crippen LogP contribution in [0.5, 0.6) is 5.75 Å². The molecule has 2 heterocycles. The number of anilines is 2. The Labute approximate surface area is 244 Å². The number of amides is 4. The number of carbonyl (C=O) groups is 3. The van der Waals surface area contributed by atoms with E-state index in [2.05, 4.69) is 20.9 Å². The normalized spacial score (nSPS) is 14.7. The summed E-state index contributed by atoms with van der Waals surface area (Å²) in [5.74, 6) is 0.696. The van der Waals surface area contributed by atoms with Gasteiger partial charge in [-0.1, -0.05) is 26.0 Å². The van der Waals surface area contributed by atoms with Gasteiger partial charge in [0.15, 0.2) is 12.2 Å². The van der Waals surface area contributed by atoms with Gasteiger partial charge in [-0.3, -0.25) is 4.79 Å². The van der Waals surface area contributed by atoms with Crippen molar-refractivity contribution >= 4 is 29.4 Å². The molecule has 1 unspecified atom stereocenters. The minimum absolute atomic E-state index is 0.0156. The van der Waals surface area contributed by atoms with Gasteiger partial charge in [0.25, 0.3) is 0 Å². The summed E-state index contributed by atoms with van der Waals surface area (Å²) >= 11 is 0. The monoisotopic (exact) mass is 579 g/mol. The van der Waals surface area contributed by atoms with Crippen LogP contribution in [0.3, 0.4) is 0 Å². The van der Waals surface area contributed by atoms with Gasteiger partial charge in [0.2, 0.25) is 5.91 Å². The summed E-state index contributed by atoms with van der Waals surface area (Å²) in [4.78, 5) is 44.3. The van der Waals surface area contributed by atoms with Crippen molar-refractivity contribution in [3.8, 4) is 17.1 Å². The largest absolute Gasteiger partial charge is 0.496 e. The number of carbonyl (C=O) groups excluding carboxylic acids is 3. The van der Waals surface area contributed by atoms with Crippen LogP contribution in [0.15, 0.2) is 59.5 Å². The highest BCUT2D eigenvalue weighted by molar-refractivity contribution is 6.00. The molecular formula is C30H37N5O7. The van der Waals surface area contributed by atoms with E-state index in [0.717, 1.165) is 4.90 Å². The fourth-order valence-corrected chi connectivity index (χ4v) is 4.66. The zero-order valence-corrected chi connectivity index (χ0v) is 24.3. The Hall–Kier alpha value is -4.42. The maximum Gasteiger partial charge on any atom is 0.417 e. The molecule has 3 aromatic rings. The molecule has 4 amide bonds. The Bertz CT molecular complexity index is 1370. The summed E-state index contributed by atoms with van der Waals surface area (Å²) in [6.07, 6.45) is 2.53. The van der Waals surface area contributed by atoms with Crippen LogP contribution >= 0.6 is 0 Å². The number of hydrogen-bond donors (Lipinski definition) is 3. The minimum Gasteiger partial charge on any atom is -0.496 e. The summed E-state index contributed by atoms with van der Waals surface area (Å²) in [6, 6.07) is 11.6. The molecule has 1 saturated heterocycles. The lowest BCUT2D eigenvalue weighted by Crippen LogP contribution is -2.42. The number of oxazole rings is 1. The summed E-state index contributed by atoms with van der Waals surface area (Å²) < 4.78 is 21.7. The van der Waals surface area contributed by atoms with Gasteiger partial charge in [0.1, 0.15) is 11.9 Å². The number of nitrogens with one attached hydrogen (secondary N) is 3. The third-order valence-corrected chi connectivity index (χ3v) is 6.64. The topological polar surface area (TPSA) is 144 Å². The lowest BCUT2D eigenvalue weighted by molar-refractivity contribution is -0.132. The van der Waals surface area contributed by atoms with E-state index in [1.807, 2.05) is 20.9 Å². The minimum atomic E-state index is -0.713. The Kier molecular flexibility index (Phi) is 10.2. The van der Waals surface area contributed by atoms with E-state index in [4.69, 9.17) is 18.6 Å². The van der Waals surface area contributed by atoms with E-state index in [-0.39, 0.29) is 24.3 Å². The molecule has 2 aromatic carbocycles. The van der Waals surface area contributed by atoms with Gasteiger partial charge < -0.3 is 34.6 Å². The second-order valence-electron chi connectivity index (χ2n) is 10.8. The first-order chi connectivity index (χ1) is 20.2. The molecule has 1 aromatic heterocycles. The highest BCUT2D eigenvalue weighted by Gasteiger charge is 2.31. The third kappa shape index (κ3) is 8.30. The highest BCUT2D eigenvalue weighted by atomic mass is 16.6. The van der Waals surface area contributed by atoms with E-state index >= 15 is 0 Å². The quantitative estimate of drug-likeness (QED) is 0.289. The number of benzene rings is 2. The maximum absolute atomic E-state index is 13.3. The fourth-order valence-electron chi connectivity index (χ4n) is 4.66. The average Bonchev–Trinajstić information content (AvgIpc) is 3.66. The molecule has 0 radical (unpaired) electrons. The van der Waals surface area contributed by atoms with Crippen LogP contribution in [0.25, 0.3) is 11.3 Å². The molecule has 12 nitrogen and oxygen atoms in total.